The van der Waals surface area contributed by atoms with Crippen LogP contribution in [0.25, 0.3) is 0 Å². The Morgan fingerprint density at radius 3 is 2.48 bits per heavy atom. The zero-order valence-electron chi connectivity index (χ0n) is 13.2. The Kier molecular flexibility index (Phi) is 7.38. The number of ether oxygens (including phenoxy) is 4. The molecule has 1 aromatic rings. The maximum absolute atomic E-state index is 11.5. The van der Waals surface area contributed by atoms with E-state index in [1.54, 1.807) is 25.1 Å². The van der Waals surface area contributed by atoms with E-state index in [-0.39, 0.29) is 6.61 Å². The van der Waals surface area contributed by atoms with Crippen molar-refractivity contribution in [2.75, 3.05) is 26.9 Å². The van der Waals surface area contributed by atoms with Gasteiger partial charge in [-0.25, -0.2) is 9.59 Å². The van der Waals surface area contributed by atoms with Gasteiger partial charge in [0.25, 0.3) is 5.91 Å². The lowest BCUT2D eigenvalue weighted by molar-refractivity contribution is -0.150. The van der Waals surface area contributed by atoms with E-state index in [0.717, 1.165) is 5.56 Å². The topological polar surface area (TPSA) is 100 Å². The summed E-state index contributed by atoms with van der Waals surface area (Å²) in [4.78, 5) is 33.8. The van der Waals surface area contributed by atoms with Gasteiger partial charge in [0.05, 0.1) is 13.7 Å². The number of carbonyl (C=O) groups excluding carboxylic acids is 3. The lowest BCUT2D eigenvalue weighted by Gasteiger charge is -2.11. The lowest BCUT2D eigenvalue weighted by Crippen LogP contribution is -2.35. The molecule has 1 N–H and O–H groups in total. The highest BCUT2D eigenvalue weighted by atomic mass is 16.6. The van der Waals surface area contributed by atoms with Crippen LogP contribution in [-0.2, 0) is 19.1 Å². The highest BCUT2D eigenvalue weighted by Gasteiger charge is 2.13. The second kappa shape index (κ2) is 9.29. The lowest BCUT2D eigenvalue weighted by atomic mass is 10.2. The second-order valence-electron chi connectivity index (χ2n) is 4.37. The van der Waals surface area contributed by atoms with Gasteiger partial charge >= 0.3 is 12.1 Å². The summed E-state index contributed by atoms with van der Waals surface area (Å²) in [5.41, 5.74) is 0.979. The highest BCUT2D eigenvalue weighted by molar-refractivity contribution is 5.93. The van der Waals surface area contributed by atoms with Crippen LogP contribution in [0.3, 0.4) is 0 Å². The third kappa shape index (κ3) is 6.68. The number of benzene rings is 1. The minimum absolute atomic E-state index is 0.130. The Morgan fingerprint density at radius 1 is 1.09 bits per heavy atom. The Hall–Kier alpha value is -2.77. The summed E-state index contributed by atoms with van der Waals surface area (Å²) in [7, 11) is 1.49. The number of amides is 2. The third-order valence-electron chi connectivity index (χ3n) is 2.55. The van der Waals surface area contributed by atoms with Gasteiger partial charge in [-0.15, -0.1) is 0 Å². The Bertz CT molecular complexity index is 571. The standard InChI is InChI=1S/C15H19NO7/c1-4-21-15(19)16-13(17)8-23-14(18)9-22-11-6-5-10(2)7-12(11)20-3/h5-7H,4,8-9H2,1-3H3,(H,16,17,19). The van der Waals surface area contributed by atoms with Crippen LogP contribution in [0.5, 0.6) is 11.5 Å². The van der Waals surface area contributed by atoms with Crippen LogP contribution >= 0.6 is 0 Å². The molecule has 8 nitrogen and oxygen atoms in total. The quantitative estimate of drug-likeness (QED) is 0.752. The zero-order valence-corrected chi connectivity index (χ0v) is 13.2. The molecule has 0 aromatic heterocycles. The summed E-state index contributed by atoms with van der Waals surface area (Å²) >= 11 is 0. The first-order valence-corrected chi connectivity index (χ1v) is 6.86. The Labute approximate surface area is 133 Å². The van der Waals surface area contributed by atoms with Crippen molar-refractivity contribution in [3.05, 3.63) is 23.8 Å². The van der Waals surface area contributed by atoms with Gasteiger partial charge in [-0.3, -0.25) is 10.1 Å². The van der Waals surface area contributed by atoms with E-state index in [1.165, 1.54) is 7.11 Å². The smallest absolute Gasteiger partial charge is 0.413 e. The van der Waals surface area contributed by atoms with Crippen molar-refractivity contribution in [3.63, 3.8) is 0 Å². The van der Waals surface area contributed by atoms with E-state index in [1.807, 2.05) is 12.2 Å². The van der Waals surface area contributed by atoms with Gasteiger partial charge in [-0.05, 0) is 31.5 Å². The number of rotatable bonds is 7. The fourth-order valence-corrected chi connectivity index (χ4v) is 1.54. The van der Waals surface area contributed by atoms with E-state index in [2.05, 4.69) is 9.47 Å². The number of imide groups is 1. The van der Waals surface area contributed by atoms with Crippen molar-refractivity contribution >= 4 is 18.0 Å². The molecule has 0 spiro atoms. The summed E-state index contributed by atoms with van der Waals surface area (Å²) in [5.74, 6) is -0.680. The first-order chi connectivity index (χ1) is 11.0. The van der Waals surface area contributed by atoms with Crippen molar-refractivity contribution in [1.29, 1.82) is 0 Å². The van der Waals surface area contributed by atoms with Crippen molar-refractivity contribution in [1.82, 2.24) is 5.32 Å². The molecule has 126 valence electrons. The molecule has 0 unspecified atom stereocenters. The number of hydrogen-bond acceptors (Lipinski definition) is 7. The SMILES string of the molecule is CCOC(=O)NC(=O)COC(=O)COc1ccc(C)cc1OC. The first kappa shape index (κ1) is 18.3. The normalized spacial score (nSPS) is 9.70. The van der Waals surface area contributed by atoms with Gasteiger partial charge < -0.3 is 18.9 Å². The van der Waals surface area contributed by atoms with Gasteiger partial charge in [0, 0.05) is 0 Å². The summed E-state index contributed by atoms with van der Waals surface area (Å²) < 4.78 is 19.6. The van der Waals surface area contributed by atoms with Crippen molar-refractivity contribution < 1.29 is 33.3 Å². The number of esters is 1. The molecule has 0 saturated carbocycles. The summed E-state index contributed by atoms with van der Waals surface area (Å²) in [5, 5.41) is 1.90. The van der Waals surface area contributed by atoms with Crippen LogP contribution in [0.4, 0.5) is 4.79 Å². The maximum atomic E-state index is 11.5. The molecule has 1 rings (SSSR count). The fourth-order valence-electron chi connectivity index (χ4n) is 1.54. The molecule has 0 heterocycles. The molecule has 0 fully saturated rings. The van der Waals surface area contributed by atoms with E-state index in [4.69, 9.17) is 9.47 Å². The maximum Gasteiger partial charge on any atom is 0.413 e. The van der Waals surface area contributed by atoms with Gasteiger partial charge in [0.2, 0.25) is 0 Å². The van der Waals surface area contributed by atoms with E-state index < -0.39 is 31.2 Å². The largest absolute Gasteiger partial charge is 0.493 e. The third-order valence-corrected chi connectivity index (χ3v) is 2.55. The monoisotopic (exact) mass is 325 g/mol. The molecule has 0 atom stereocenters. The number of aryl methyl sites for hydroxylation is 1. The minimum Gasteiger partial charge on any atom is -0.493 e. The van der Waals surface area contributed by atoms with E-state index >= 15 is 0 Å². The molecule has 0 aliphatic heterocycles. The average Bonchev–Trinajstić information content (AvgIpc) is 2.51. The zero-order chi connectivity index (χ0) is 17.2. The van der Waals surface area contributed by atoms with Crippen LogP contribution < -0.4 is 14.8 Å². The fraction of sp³-hybridized carbons (Fsp3) is 0.400. The molecule has 23 heavy (non-hydrogen) atoms. The molecule has 0 aliphatic rings. The first-order valence-electron chi connectivity index (χ1n) is 6.86. The second-order valence-corrected chi connectivity index (χ2v) is 4.37. The van der Waals surface area contributed by atoms with Crippen molar-refractivity contribution in [3.8, 4) is 11.5 Å². The van der Waals surface area contributed by atoms with Crippen LogP contribution in [0.1, 0.15) is 12.5 Å². The molecule has 0 aliphatic carbocycles. The number of nitrogens with one attached hydrogen (secondary N) is 1. The van der Waals surface area contributed by atoms with Crippen LogP contribution in [0.15, 0.2) is 18.2 Å². The van der Waals surface area contributed by atoms with E-state index in [9.17, 15) is 14.4 Å². The predicted octanol–water partition coefficient (Wildman–Crippen LogP) is 1.20. The molecule has 0 saturated heterocycles. The van der Waals surface area contributed by atoms with Crippen molar-refractivity contribution in [2.45, 2.75) is 13.8 Å². The number of carbonyl (C=O) groups is 3. The molecular formula is C15H19NO7. The molecule has 1 aromatic carbocycles. The summed E-state index contributed by atoms with van der Waals surface area (Å²) in [6.45, 7) is 2.62. The van der Waals surface area contributed by atoms with Gasteiger partial charge in [0.15, 0.2) is 24.7 Å². The predicted molar refractivity (Wildman–Crippen MR) is 79.3 cm³/mol. The van der Waals surface area contributed by atoms with Crippen molar-refractivity contribution in [2.24, 2.45) is 0 Å². The molecule has 2 amide bonds. The van der Waals surface area contributed by atoms with Gasteiger partial charge in [-0.2, -0.15) is 0 Å². The molecule has 8 heteroatoms. The molecular weight excluding hydrogens is 306 g/mol. The van der Waals surface area contributed by atoms with E-state index in [0.29, 0.717) is 11.5 Å². The highest BCUT2D eigenvalue weighted by Crippen LogP contribution is 2.27. The average molecular weight is 325 g/mol. The Balaban J connectivity index is 2.37. The Morgan fingerprint density at radius 2 is 1.83 bits per heavy atom. The number of methoxy groups -OCH3 is 1. The van der Waals surface area contributed by atoms with Crippen LogP contribution in [0.2, 0.25) is 0 Å². The number of hydrogen-bond donors (Lipinski definition) is 1. The van der Waals surface area contributed by atoms with Gasteiger partial charge in [-0.1, -0.05) is 6.07 Å². The van der Waals surface area contributed by atoms with Crippen LogP contribution in [0, 0.1) is 6.92 Å². The molecule has 0 radical (unpaired) electrons. The number of alkyl carbamates (subject to hydrolysis) is 1. The van der Waals surface area contributed by atoms with Gasteiger partial charge in [0.1, 0.15) is 0 Å². The summed E-state index contributed by atoms with van der Waals surface area (Å²) in [6, 6.07) is 5.22. The summed E-state index contributed by atoms with van der Waals surface area (Å²) in [6.07, 6.45) is -0.894. The molecule has 0 bridgehead atoms. The van der Waals surface area contributed by atoms with Crippen LogP contribution in [-0.4, -0.2) is 44.9 Å². The minimum atomic E-state index is -0.894.